The van der Waals surface area contributed by atoms with Gasteiger partial charge in [-0.05, 0) is 52.7 Å². The third-order valence-electron chi connectivity index (χ3n) is 4.58. The zero-order valence-corrected chi connectivity index (χ0v) is 13.3. The number of aryl methyl sites for hydroxylation is 1. The highest BCUT2D eigenvalue weighted by Crippen LogP contribution is 2.39. The number of piperidine rings is 1. The van der Waals surface area contributed by atoms with Crippen LogP contribution in [-0.4, -0.2) is 18.1 Å². The van der Waals surface area contributed by atoms with E-state index < -0.39 is 0 Å². The van der Waals surface area contributed by atoms with Crippen LogP contribution < -0.4 is 4.90 Å². The highest BCUT2D eigenvalue weighted by molar-refractivity contribution is 9.10. The lowest BCUT2D eigenvalue weighted by atomic mass is 9.74. The normalized spacial score (nSPS) is 19.0. The fourth-order valence-electron chi connectivity index (χ4n) is 2.91. The molecule has 0 aliphatic carbocycles. The summed E-state index contributed by atoms with van der Waals surface area (Å²) in [5.41, 5.74) is 1.78. The SMILES string of the molecule is CCC1(CC)CCN(c2ncc(C)cc2Br)CC1. The second-order valence-corrected chi connectivity index (χ2v) is 6.37. The largest absolute Gasteiger partial charge is 0.356 e. The van der Waals surface area contributed by atoms with Gasteiger partial charge in [0.15, 0.2) is 0 Å². The number of aromatic nitrogens is 1. The number of halogens is 1. The molecule has 0 radical (unpaired) electrons. The lowest BCUT2D eigenvalue weighted by molar-refractivity contribution is 0.199. The van der Waals surface area contributed by atoms with Crippen molar-refractivity contribution in [3.05, 3.63) is 22.3 Å². The van der Waals surface area contributed by atoms with Crippen LogP contribution in [0.25, 0.3) is 0 Å². The summed E-state index contributed by atoms with van der Waals surface area (Å²) in [4.78, 5) is 7.00. The minimum Gasteiger partial charge on any atom is -0.356 e. The van der Waals surface area contributed by atoms with Crippen molar-refractivity contribution < 1.29 is 0 Å². The van der Waals surface area contributed by atoms with Crippen molar-refractivity contribution in [1.29, 1.82) is 0 Å². The number of hydrogen-bond donors (Lipinski definition) is 0. The first-order valence-corrected chi connectivity index (χ1v) is 7.76. The lowest BCUT2D eigenvalue weighted by Crippen LogP contribution is -2.40. The van der Waals surface area contributed by atoms with E-state index in [9.17, 15) is 0 Å². The van der Waals surface area contributed by atoms with Gasteiger partial charge in [-0.15, -0.1) is 0 Å². The molecule has 1 aliphatic heterocycles. The molecule has 1 saturated heterocycles. The first-order chi connectivity index (χ1) is 8.60. The topological polar surface area (TPSA) is 16.1 Å². The van der Waals surface area contributed by atoms with E-state index in [1.165, 1.54) is 31.2 Å². The molecule has 0 spiro atoms. The molecule has 1 fully saturated rings. The van der Waals surface area contributed by atoms with Gasteiger partial charge in [0, 0.05) is 19.3 Å². The number of hydrogen-bond acceptors (Lipinski definition) is 2. The third kappa shape index (κ3) is 2.71. The van der Waals surface area contributed by atoms with Crippen molar-refractivity contribution in [2.45, 2.75) is 46.5 Å². The molecular weight excluding hydrogens is 288 g/mol. The zero-order valence-electron chi connectivity index (χ0n) is 11.7. The average Bonchev–Trinajstić information content (AvgIpc) is 2.39. The van der Waals surface area contributed by atoms with Crippen LogP contribution in [0.3, 0.4) is 0 Å². The molecule has 2 nitrogen and oxygen atoms in total. The summed E-state index contributed by atoms with van der Waals surface area (Å²) in [5, 5.41) is 0. The van der Waals surface area contributed by atoms with E-state index >= 15 is 0 Å². The fourth-order valence-corrected chi connectivity index (χ4v) is 3.62. The Hall–Kier alpha value is -0.570. The average molecular weight is 311 g/mol. The van der Waals surface area contributed by atoms with Crippen LogP contribution in [0.15, 0.2) is 16.7 Å². The van der Waals surface area contributed by atoms with Crippen LogP contribution in [0.2, 0.25) is 0 Å². The van der Waals surface area contributed by atoms with Crippen LogP contribution in [0.5, 0.6) is 0 Å². The Morgan fingerprint density at radius 2 is 1.89 bits per heavy atom. The number of anilines is 1. The molecule has 1 aliphatic rings. The second-order valence-electron chi connectivity index (χ2n) is 5.51. The van der Waals surface area contributed by atoms with E-state index in [1.807, 2.05) is 6.20 Å². The molecule has 3 heteroatoms. The fraction of sp³-hybridized carbons (Fsp3) is 0.667. The Morgan fingerprint density at radius 1 is 1.28 bits per heavy atom. The van der Waals surface area contributed by atoms with Gasteiger partial charge in [-0.2, -0.15) is 0 Å². The van der Waals surface area contributed by atoms with Crippen LogP contribution in [-0.2, 0) is 0 Å². The van der Waals surface area contributed by atoms with Gasteiger partial charge in [-0.3, -0.25) is 0 Å². The van der Waals surface area contributed by atoms with Crippen molar-refractivity contribution >= 4 is 21.7 Å². The Bertz CT molecular complexity index is 403. The lowest BCUT2D eigenvalue weighted by Gasteiger charge is -2.41. The van der Waals surface area contributed by atoms with Gasteiger partial charge >= 0.3 is 0 Å². The molecule has 18 heavy (non-hydrogen) atoms. The van der Waals surface area contributed by atoms with Crippen LogP contribution in [0, 0.1) is 12.3 Å². The van der Waals surface area contributed by atoms with Crippen molar-refractivity contribution in [3.8, 4) is 0 Å². The first-order valence-electron chi connectivity index (χ1n) is 6.97. The summed E-state index contributed by atoms with van der Waals surface area (Å²) in [6.07, 6.45) is 7.16. The van der Waals surface area contributed by atoms with Gasteiger partial charge in [-0.1, -0.05) is 26.7 Å². The molecule has 0 bridgehead atoms. The van der Waals surface area contributed by atoms with Gasteiger partial charge in [0.25, 0.3) is 0 Å². The molecular formula is C15H23BrN2. The molecule has 0 saturated carbocycles. The maximum atomic E-state index is 4.58. The monoisotopic (exact) mass is 310 g/mol. The maximum absolute atomic E-state index is 4.58. The quantitative estimate of drug-likeness (QED) is 0.813. The van der Waals surface area contributed by atoms with E-state index in [1.54, 1.807) is 0 Å². The van der Waals surface area contributed by atoms with E-state index in [-0.39, 0.29) is 0 Å². The molecule has 0 atom stereocenters. The first kappa shape index (κ1) is 13.9. The molecule has 2 heterocycles. The molecule has 1 aromatic heterocycles. The van der Waals surface area contributed by atoms with E-state index in [0.29, 0.717) is 5.41 Å². The van der Waals surface area contributed by atoms with Crippen LogP contribution >= 0.6 is 15.9 Å². The number of pyridine rings is 1. The van der Waals surface area contributed by atoms with Gasteiger partial charge in [0.1, 0.15) is 5.82 Å². The molecule has 0 unspecified atom stereocenters. The molecule has 1 aromatic rings. The highest BCUT2D eigenvalue weighted by atomic mass is 79.9. The minimum absolute atomic E-state index is 0.577. The molecule has 0 amide bonds. The van der Waals surface area contributed by atoms with Crippen molar-refractivity contribution in [3.63, 3.8) is 0 Å². The van der Waals surface area contributed by atoms with Crippen LogP contribution in [0.4, 0.5) is 5.82 Å². The number of nitrogens with zero attached hydrogens (tertiary/aromatic N) is 2. The summed E-state index contributed by atoms with van der Waals surface area (Å²) < 4.78 is 1.13. The Kier molecular flexibility index (Phi) is 4.31. The Balaban J connectivity index is 2.10. The van der Waals surface area contributed by atoms with E-state index in [2.05, 4.69) is 52.7 Å². The third-order valence-corrected chi connectivity index (χ3v) is 5.17. The second kappa shape index (κ2) is 5.60. The summed E-state index contributed by atoms with van der Waals surface area (Å²) in [5.74, 6) is 1.11. The molecule has 2 rings (SSSR count). The summed E-state index contributed by atoms with van der Waals surface area (Å²) >= 11 is 3.64. The van der Waals surface area contributed by atoms with Gasteiger partial charge in [0.2, 0.25) is 0 Å². The predicted molar refractivity (Wildman–Crippen MR) is 81.1 cm³/mol. The minimum atomic E-state index is 0.577. The van der Waals surface area contributed by atoms with Crippen molar-refractivity contribution in [2.75, 3.05) is 18.0 Å². The smallest absolute Gasteiger partial charge is 0.142 e. The summed E-state index contributed by atoms with van der Waals surface area (Å²) in [6, 6.07) is 2.16. The van der Waals surface area contributed by atoms with Crippen LogP contribution in [0.1, 0.15) is 45.1 Å². The standard InChI is InChI=1S/C15H23BrN2/c1-4-15(5-2)6-8-18(9-7-15)14-13(16)10-12(3)11-17-14/h10-11H,4-9H2,1-3H3. The van der Waals surface area contributed by atoms with Gasteiger partial charge < -0.3 is 4.90 Å². The van der Waals surface area contributed by atoms with Gasteiger partial charge in [-0.25, -0.2) is 4.98 Å². The summed E-state index contributed by atoms with van der Waals surface area (Å²) in [7, 11) is 0. The zero-order chi connectivity index (χ0) is 13.2. The van der Waals surface area contributed by atoms with E-state index in [0.717, 1.165) is 23.4 Å². The molecule has 100 valence electrons. The molecule has 0 N–H and O–H groups in total. The summed E-state index contributed by atoms with van der Waals surface area (Å²) in [6.45, 7) is 9.02. The maximum Gasteiger partial charge on any atom is 0.142 e. The molecule has 0 aromatic carbocycles. The Morgan fingerprint density at radius 3 is 2.39 bits per heavy atom. The van der Waals surface area contributed by atoms with E-state index in [4.69, 9.17) is 0 Å². The van der Waals surface area contributed by atoms with Gasteiger partial charge in [0.05, 0.1) is 4.47 Å². The Labute approximate surface area is 119 Å². The number of rotatable bonds is 3. The van der Waals surface area contributed by atoms with Crippen molar-refractivity contribution in [1.82, 2.24) is 4.98 Å². The predicted octanol–water partition coefficient (Wildman–Crippen LogP) is 4.56. The highest BCUT2D eigenvalue weighted by Gasteiger charge is 2.31. The van der Waals surface area contributed by atoms with Crippen molar-refractivity contribution in [2.24, 2.45) is 5.41 Å².